The number of amides is 2. The van der Waals surface area contributed by atoms with E-state index in [0.717, 1.165) is 12.8 Å². The number of para-hydroxylation sites is 1. The van der Waals surface area contributed by atoms with E-state index in [4.69, 9.17) is 22.7 Å². The minimum absolute atomic E-state index is 0.0475. The van der Waals surface area contributed by atoms with Gasteiger partial charge in [-0.15, -0.1) is 0 Å². The molecule has 0 fully saturated rings. The maximum absolute atomic E-state index is 12.3. The van der Waals surface area contributed by atoms with Crippen LogP contribution in [-0.4, -0.2) is 30.6 Å². The largest absolute Gasteiger partial charge is 0.496 e. The number of unbranched alkanes of at least 4 members (excludes halogenated alkanes) is 1. The highest BCUT2D eigenvalue weighted by molar-refractivity contribution is 7.80. The van der Waals surface area contributed by atoms with Gasteiger partial charge in [-0.25, -0.2) is 0 Å². The van der Waals surface area contributed by atoms with Crippen molar-refractivity contribution in [3.8, 4) is 5.75 Å². The lowest BCUT2D eigenvalue weighted by molar-refractivity contribution is -0.116. The third-order valence-electron chi connectivity index (χ3n) is 3.86. The summed E-state index contributed by atoms with van der Waals surface area (Å²) in [6.07, 6.45) is 2.03. The van der Waals surface area contributed by atoms with Gasteiger partial charge < -0.3 is 21.1 Å². The molecule has 0 aliphatic rings. The number of rotatable bonds is 8. The summed E-state index contributed by atoms with van der Waals surface area (Å²) in [5, 5.41) is 8.54. The predicted octanol–water partition coefficient (Wildman–Crippen LogP) is 2.89. The molecule has 148 valence electrons. The van der Waals surface area contributed by atoms with Crippen LogP contribution in [0.5, 0.6) is 5.75 Å². The van der Waals surface area contributed by atoms with E-state index in [9.17, 15) is 9.59 Å². The Morgan fingerprint density at radius 2 is 1.64 bits per heavy atom. The molecule has 0 saturated heterocycles. The molecule has 7 nitrogen and oxygen atoms in total. The van der Waals surface area contributed by atoms with Gasteiger partial charge in [-0.3, -0.25) is 14.9 Å². The third kappa shape index (κ3) is 6.64. The quantitative estimate of drug-likeness (QED) is 0.401. The van der Waals surface area contributed by atoms with Crippen LogP contribution in [0.1, 0.15) is 29.6 Å². The molecule has 0 heterocycles. The van der Waals surface area contributed by atoms with Crippen LogP contribution in [0, 0.1) is 0 Å². The number of ether oxygens (including phenoxy) is 1. The van der Waals surface area contributed by atoms with Gasteiger partial charge in [-0.2, -0.15) is 0 Å². The highest BCUT2D eigenvalue weighted by atomic mass is 32.1. The molecular formula is C20H24N4O3S. The monoisotopic (exact) mass is 400 g/mol. The number of anilines is 2. The van der Waals surface area contributed by atoms with Gasteiger partial charge in [-0.1, -0.05) is 12.1 Å². The van der Waals surface area contributed by atoms with Crippen LogP contribution in [0.4, 0.5) is 11.4 Å². The Morgan fingerprint density at radius 3 is 2.29 bits per heavy atom. The number of thiocarbonyl (C=S) groups is 1. The molecule has 28 heavy (non-hydrogen) atoms. The second-order valence-corrected chi connectivity index (χ2v) is 6.39. The van der Waals surface area contributed by atoms with Crippen LogP contribution in [0.2, 0.25) is 0 Å². The molecule has 0 radical (unpaired) electrons. The van der Waals surface area contributed by atoms with Gasteiger partial charge in [0.1, 0.15) is 5.75 Å². The summed E-state index contributed by atoms with van der Waals surface area (Å²) < 4.78 is 5.18. The van der Waals surface area contributed by atoms with Crippen LogP contribution >= 0.6 is 12.2 Å². The molecule has 0 aliphatic heterocycles. The van der Waals surface area contributed by atoms with E-state index in [1.54, 1.807) is 48.5 Å². The van der Waals surface area contributed by atoms with Crippen molar-refractivity contribution in [2.75, 3.05) is 24.3 Å². The van der Waals surface area contributed by atoms with E-state index in [1.165, 1.54) is 7.11 Å². The van der Waals surface area contributed by atoms with Crippen molar-refractivity contribution in [2.24, 2.45) is 5.73 Å². The van der Waals surface area contributed by atoms with E-state index in [0.29, 0.717) is 35.7 Å². The fourth-order valence-electron chi connectivity index (χ4n) is 2.46. The van der Waals surface area contributed by atoms with Gasteiger partial charge in [0.25, 0.3) is 5.91 Å². The number of benzene rings is 2. The molecule has 0 spiro atoms. The first-order valence-corrected chi connectivity index (χ1v) is 9.29. The van der Waals surface area contributed by atoms with Crippen molar-refractivity contribution in [2.45, 2.75) is 19.3 Å². The lowest BCUT2D eigenvalue weighted by Crippen LogP contribution is -2.34. The molecule has 2 aromatic carbocycles. The zero-order valence-corrected chi connectivity index (χ0v) is 16.5. The molecule has 5 N–H and O–H groups in total. The Labute approximate surface area is 169 Å². The fourth-order valence-corrected chi connectivity index (χ4v) is 2.67. The van der Waals surface area contributed by atoms with Gasteiger partial charge in [0, 0.05) is 17.8 Å². The molecule has 0 aliphatic carbocycles. The molecule has 2 rings (SSSR count). The Morgan fingerprint density at radius 1 is 1.00 bits per heavy atom. The van der Waals surface area contributed by atoms with Crippen molar-refractivity contribution in [1.29, 1.82) is 0 Å². The van der Waals surface area contributed by atoms with Crippen molar-refractivity contribution < 1.29 is 14.3 Å². The number of methoxy groups -OCH3 is 1. The van der Waals surface area contributed by atoms with Crippen LogP contribution in [0.3, 0.4) is 0 Å². The van der Waals surface area contributed by atoms with Gasteiger partial charge in [0.05, 0.1) is 12.7 Å². The van der Waals surface area contributed by atoms with Gasteiger partial charge in [-0.05, 0) is 68.0 Å². The van der Waals surface area contributed by atoms with E-state index in [1.807, 2.05) is 0 Å². The molecule has 0 unspecified atom stereocenters. The van der Waals surface area contributed by atoms with Crippen LogP contribution < -0.4 is 26.4 Å². The Balaban J connectivity index is 1.87. The summed E-state index contributed by atoms with van der Waals surface area (Å²) >= 11 is 5.19. The SMILES string of the molecule is COc1ccccc1C(=O)NC(=S)Nc1ccc(NC(=O)CCCCN)cc1. The molecule has 2 aromatic rings. The highest BCUT2D eigenvalue weighted by Crippen LogP contribution is 2.17. The maximum Gasteiger partial charge on any atom is 0.261 e. The minimum atomic E-state index is -0.365. The molecule has 0 saturated carbocycles. The second kappa shape index (κ2) is 11.0. The maximum atomic E-state index is 12.3. The zero-order chi connectivity index (χ0) is 20.4. The summed E-state index contributed by atoms with van der Waals surface area (Å²) in [5.74, 6) is 0.0550. The van der Waals surface area contributed by atoms with Crippen LogP contribution in [0.15, 0.2) is 48.5 Å². The minimum Gasteiger partial charge on any atom is -0.496 e. The summed E-state index contributed by atoms with van der Waals surface area (Å²) in [5.41, 5.74) is 7.18. The van der Waals surface area contributed by atoms with Gasteiger partial charge in [0.2, 0.25) is 5.91 Å². The van der Waals surface area contributed by atoms with Crippen molar-refractivity contribution >= 4 is 40.5 Å². The summed E-state index contributed by atoms with van der Waals surface area (Å²) in [7, 11) is 1.50. The standard InChI is InChI=1S/C20H24N4O3S/c1-27-17-7-3-2-6-16(17)19(26)24-20(28)23-15-11-9-14(10-12-15)22-18(25)8-4-5-13-21/h2-3,6-7,9-12H,4-5,8,13,21H2,1H3,(H,22,25)(H2,23,24,26,28). The summed E-state index contributed by atoms with van der Waals surface area (Å²) in [4.78, 5) is 24.1. The fraction of sp³-hybridized carbons (Fsp3) is 0.250. The number of carbonyl (C=O) groups is 2. The smallest absolute Gasteiger partial charge is 0.261 e. The first kappa shape index (κ1) is 21.3. The van der Waals surface area contributed by atoms with Crippen LogP contribution in [-0.2, 0) is 4.79 Å². The predicted molar refractivity (Wildman–Crippen MR) is 115 cm³/mol. The van der Waals surface area contributed by atoms with Crippen LogP contribution in [0.25, 0.3) is 0 Å². The van der Waals surface area contributed by atoms with E-state index >= 15 is 0 Å². The number of hydrogen-bond acceptors (Lipinski definition) is 5. The average Bonchev–Trinajstić information content (AvgIpc) is 2.69. The van der Waals surface area contributed by atoms with E-state index in [2.05, 4.69) is 16.0 Å². The number of nitrogens with one attached hydrogen (secondary N) is 3. The van der Waals surface area contributed by atoms with Crippen molar-refractivity contribution in [3.05, 3.63) is 54.1 Å². The molecule has 8 heteroatoms. The van der Waals surface area contributed by atoms with Gasteiger partial charge >= 0.3 is 0 Å². The molecule has 0 bridgehead atoms. The van der Waals surface area contributed by atoms with Crippen molar-refractivity contribution in [3.63, 3.8) is 0 Å². The highest BCUT2D eigenvalue weighted by Gasteiger charge is 2.13. The molecular weight excluding hydrogens is 376 g/mol. The topological polar surface area (TPSA) is 105 Å². The first-order valence-electron chi connectivity index (χ1n) is 8.89. The Hall–Kier alpha value is -2.97. The Kier molecular flexibility index (Phi) is 8.38. The first-order chi connectivity index (χ1) is 13.5. The zero-order valence-electron chi connectivity index (χ0n) is 15.7. The lowest BCUT2D eigenvalue weighted by Gasteiger charge is -2.12. The number of hydrogen-bond donors (Lipinski definition) is 4. The number of carbonyl (C=O) groups excluding carboxylic acids is 2. The molecule has 2 amide bonds. The van der Waals surface area contributed by atoms with Gasteiger partial charge in [0.15, 0.2) is 5.11 Å². The normalized spacial score (nSPS) is 10.1. The number of nitrogens with two attached hydrogens (primary N) is 1. The van der Waals surface area contributed by atoms with E-state index in [-0.39, 0.29) is 16.9 Å². The summed E-state index contributed by atoms with van der Waals surface area (Å²) in [6.45, 7) is 0.584. The average molecular weight is 401 g/mol. The van der Waals surface area contributed by atoms with E-state index < -0.39 is 0 Å². The van der Waals surface area contributed by atoms with Crippen molar-refractivity contribution in [1.82, 2.24) is 5.32 Å². The molecule has 0 aromatic heterocycles. The Bertz CT molecular complexity index is 824. The molecule has 0 atom stereocenters. The lowest BCUT2D eigenvalue weighted by atomic mass is 10.2. The summed E-state index contributed by atoms with van der Waals surface area (Å²) in [6, 6.07) is 13.9. The third-order valence-corrected chi connectivity index (χ3v) is 4.07. The second-order valence-electron chi connectivity index (χ2n) is 5.98.